The van der Waals surface area contributed by atoms with E-state index in [2.05, 4.69) is 10.1 Å². The number of rotatable bonds is 2. The van der Waals surface area contributed by atoms with Crippen molar-refractivity contribution in [2.24, 2.45) is 0 Å². The number of amides is 1. The summed E-state index contributed by atoms with van der Waals surface area (Å²) in [6.45, 7) is 4.05. The van der Waals surface area contributed by atoms with Crippen LogP contribution in [0.1, 0.15) is 24.8 Å². The summed E-state index contributed by atoms with van der Waals surface area (Å²) in [6.07, 6.45) is 7.05. The topological polar surface area (TPSA) is 51.0 Å². The van der Waals surface area contributed by atoms with E-state index < -0.39 is 0 Å². The monoisotopic (exact) mass is 258 g/mol. The van der Waals surface area contributed by atoms with Gasteiger partial charge in [0.15, 0.2) is 5.65 Å². The Labute approximate surface area is 112 Å². The third-order valence-electron chi connectivity index (χ3n) is 3.61. The summed E-state index contributed by atoms with van der Waals surface area (Å²) in [5.41, 5.74) is 1.89. The Bertz CT molecular complexity index is 599. The summed E-state index contributed by atoms with van der Waals surface area (Å²) in [5, 5.41) is 5.27. The van der Waals surface area contributed by atoms with Crippen LogP contribution in [0.25, 0.3) is 11.0 Å². The van der Waals surface area contributed by atoms with E-state index in [9.17, 15) is 4.79 Å². The molecule has 100 valence electrons. The molecule has 2 aromatic rings. The number of pyridine rings is 1. The second kappa shape index (κ2) is 4.99. The quantitative estimate of drug-likeness (QED) is 0.824. The molecule has 0 spiro atoms. The fourth-order valence-electron chi connectivity index (χ4n) is 2.57. The smallest absolute Gasteiger partial charge is 0.244 e. The van der Waals surface area contributed by atoms with E-state index in [0.29, 0.717) is 6.54 Å². The van der Waals surface area contributed by atoms with Crippen LogP contribution in [0.4, 0.5) is 0 Å². The third-order valence-corrected chi connectivity index (χ3v) is 3.61. The number of hydrogen-bond donors (Lipinski definition) is 0. The van der Waals surface area contributed by atoms with Gasteiger partial charge < -0.3 is 4.90 Å². The maximum atomic E-state index is 12.2. The van der Waals surface area contributed by atoms with Crippen molar-refractivity contribution in [2.45, 2.75) is 32.7 Å². The fourth-order valence-corrected chi connectivity index (χ4v) is 2.57. The summed E-state index contributed by atoms with van der Waals surface area (Å²) in [4.78, 5) is 18.5. The predicted octanol–water partition coefficient (Wildman–Crippen LogP) is 1.75. The summed E-state index contributed by atoms with van der Waals surface area (Å²) >= 11 is 0. The predicted molar refractivity (Wildman–Crippen MR) is 72.7 cm³/mol. The number of hydrogen-bond acceptors (Lipinski definition) is 3. The molecule has 0 unspecified atom stereocenters. The first-order chi connectivity index (χ1) is 9.24. The highest BCUT2D eigenvalue weighted by atomic mass is 16.2. The highest BCUT2D eigenvalue weighted by molar-refractivity contribution is 5.80. The van der Waals surface area contributed by atoms with Gasteiger partial charge in [0.2, 0.25) is 5.91 Å². The molecule has 1 saturated heterocycles. The average Bonchev–Trinajstić information content (AvgIpc) is 2.82. The van der Waals surface area contributed by atoms with Crippen LogP contribution in [0, 0.1) is 6.92 Å². The Hall–Kier alpha value is -1.91. The van der Waals surface area contributed by atoms with Gasteiger partial charge in [0.1, 0.15) is 6.54 Å². The summed E-state index contributed by atoms with van der Waals surface area (Å²) in [7, 11) is 0. The first-order valence-electron chi connectivity index (χ1n) is 6.80. The van der Waals surface area contributed by atoms with Gasteiger partial charge in [-0.2, -0.15) is 5.10 Å². The highest BCUT2D eigenvalue weighted by Gasteiger charge is 2.18. The lowest BCUT2D eigenvalue weighted by Crippen LogP contribution is -2.38. The molecule has 1 aliphatic heterocycles. The Morgan fingerprint density at radius 3 is 2.84 bits per heavy atom. The molecule has 19 heavy (non-hydrogen) atoms. The molecule has 5 nitrogen and oxygen atoms in total. The van der Waals surface area contributed by atoms with Crippen LogP contribution >= 0.6 is 0 Å². The number of carbonyl (C=O) groups is 1. The molecule has 3 heterocycles. The average molecular weight is 258 g/mol. The summed E-state index contributed by atoms with van der Waals surface area (Å²) < 4.78 is 1.70. The van der Waals surface area contributed by atoms with E-state index in [1.54, 1.807) is 10.9 Å². The summed E-state index contributed by atoms with van der Waals surface area (Å²) in [6, 6.07) is 2.04. The number of fused-ring (bicyclic) bond motifs is 1. The van der Waals surface area contributed by atoms with E-state index in [0.717, 1.165) is 42.5 Å². The molecule has 0 radical (unpaired) electrons. The zero-order valence-electron chi connectivity index (χ0n) is 11.2. The van der Waals surface area contributed by atoms with Gasteiger partial charge in [0.05, 0.1) is 6.20 Å². The zero-order chi connectivity index (χ0) is 13.2. The third kappa shape index (κ3) is 2.45. The van der Waals surface area contributed by atoms with Crippen LogP contribution in [-0.2, 0) is 11.3 Å². The maximum Gasteiger partial charge on any atom is 0.244 e. The number of aryl methyl sites for hydroxylation is 1. The fraction of sp³-hybridized carbons (Fsp3) is 0.500. The van der Waals surface area contributed by atoms with Gasteiger partial charge in [-0.15, -0.1) is 0 Å². The minimum absolute atomic E-state index is 0.145. The molecule has 0 atom stereocenters. The van der Waals surface area contributed by atoms with Gasteiger partial charge in [0.25, 0.3) is 0 Å². The molecular formula is C14H18N4O. The van der Waals surface area contributed by atoms with Crippen LogP contribution < -0.4 is 0 Å². The number of aromatic nitrogens is 3. The van der Waals surface area contributed by atoms with Crippen molar-refractivity contribution >= 4 is 16.9 Å². The molecular weight excluding hydrogens is 240 g/mol. The van der Waals surface area contributed by atoms with Gasteiger partial charge in [-0.3, -0.25) is 4.79 Å². The molecule has 1 fully saturated rings. The second-order valence-electron chi connectivity index (χ2n) is 5.17. The van der Waals surface area contributed by atoms with E-state index in [4.69, 9.17) is 0 Å². The molecule has 0 aromatic carbocycles. The molecule has 2 aromatic heterocycles. The number of nitrogens with zero attached hydrogens (tertiary/aromatic N) is 4. The van der Waals surface area contributed by atoms with Gasteiger partial charge >= 0.3 is 0 Å². The zero-order valence-corrected chi connectivity index (χ0v) is 11.2. The van der Waals surface area contributed by atoms with Crippen LogP contribution in [-0.4, -0.2) is 38.7 Å². The lowest BCUT2D eigenvalue weighted by molar-refractivity contribution is -0.132. The van der Waals surface area contributed by atoms with Crippen molar-refractivity contribution in [1.29, 1.82) is 0 Å². The van der Waals surface area contributed by atoms with Gasteiger partial charge in [-0.05, 0) is 37.8 Å². The normalized spacial score (nSPS) is 15.9. The van der Waals surface area contributed by atoms with Gasteiger partial charge in [-0.1, -0.05) is 0 Å². The Balaban J connectivity index is 1.79. The largest absolute Gasteiger partial charge is 0.341 e. The minimum Gasteiger partial charge on any atom is -0.341 e. The van der Waals surface area contributed by atoms with E-state index >= 15 is 0 Å². The summed E-state index contributed by atoms with van der Waals surface area (Å²) in [5.74, 6) is 0.145. The Morgan fingerprint density at radius 1 is 1.26 bits per heavy atom. The Morgan fingerprint density at radius 2 is 2.05 bits per heavy atom. The van der Waals surface area contributed by atoms with Gasteiger partial charge in [-0.25, -0.2) is 9.67 Å². The van der Waals surface area contributed by atoms with Crippen molar-refractivity contribution in [3.63, 3.8) is 0 Å². The molecule has 0 saturated carbocycles. The van der Waals surface area contributed by atoms with Crippen molar-refractivity contribution in [3.05, 3.63) is 24.0 Å². The Kier molecular flexibility index (Phi) is 3.19. The van der Waals surface area contributed by atoms with Crippen molar-refractivity contribution in [1.82, 2.24) is 19.7 Å². The van der Waals surface area contributed by atoms with Crippen molar-refractivity contribution < 1.29 is 4.79 Å². The molecule has 0 aliphatic carbocycles. The molecule has 0 bridgehead atoms. The highest BCUT2D eigenvalue weighted by Crippen LogP contribution is 2.14. The van der Waals surface area contributed by atoms with E-state index in [-0.39, 0.29) is 5.91 Å². The molecule has 3 rings (SSSR count). The van der Waals surface area contributed by atoms with Crippen molar-refractivity contribution in [3.8, 4) is 0 Å². The molecule has 5 heteroatoms. The first kappa shape index (κ1) is 12.1. The van der Waals surface area contributed by atoms with Crippen LogP contribution in [0.3, 0.4) is 0 Å². The lowest BCUT2D eigenvalue weighted by Gasteiger charge is -2.26. The SMILES string of the molecule is Cc1cnc2c(cnn2CC(=O)N2CCCCC2)c1. The minimum atomic E-state index is 0.145. The number of carbonyl (C=O) groups excluding carboxylic acids is 1. The van der Waals surface area contributed by atoms with E-state index in [1.165, 1.54) is 6.42 Å². The van der Waals surface area contributed by atoms with Crippen LogP contribution in [0.5, 0.6) is 0 Å². The maximum absolute atomic E-state index is 12.2. The standard InChI is InChI=1S/C14H18N4O/c1-11-7-12-9-16-18(14(12)15-8-11)10-13(19)17-5-3-2-4-6-17/h7-9H,2-6,10H2,1H3. The molecule has 1 aliphatic rings. The van der Waals surface area contributed by atoms with Crippen molar-refractivity contribution in [2.75, 3.05) is 13.1 Å². The molecule has 0 N–H and O–H groups in total. The van der Waals surface area contributed by atoms with Gasteiger partial charge in [0, 0.05) is 24.7 Å². The van der Waals surface area contributed by atoms with E-state index in [1.807, 2.05) is 24.1 Å². The van der Waals surface area contributed by atoms with Crippen LogP contribution in [0.2, 0.25) is 0 Å². The first-order valence-corrected chi connectivity index (χ1v) is 6.80. The number of likely N-dealkylation sites (tertiary alicyclic amines) is 1. The number of piperidine rings is 1. The van der Waals surface area contributed by atoms with Crippen LogP contribution in [0.15, 0.2) is 18.5 Å². The lowest BCUT2D eigenvalue weighted by atomic mass is 10.1. The molecule has 1 amide bonds. The second-order valence-corrected chi connectivity index (χ2v) is 5.17.